The molecule has 2 aromatic heterocycles. The monoisotopic (exact) mass is 250 g/mol. The Kier molecular flexibility index (Phi) is 3.06. The van der Waals surface area contributed by atoms with E-state index < -0.39 is 0 Å². The summed E-state index contributed by atoms with van der Waals surface area (Å²) in [5.74, 6) is 0.926. The molecule has 0 radical (unpaired) electrons. The third kappa shape index (κ3) is 2.52. The molecule has 0 N–H and O–H groups in total. The minimum atomic E-state index is 0.746. The summed E-state index contributed by atoms with van der Waals surface area (Å²) in [5.41, 5.74) is 3.50. The zero-order valence-electron chi connectivity index (χ0n) is 10.7. The zero-order chi connectivity index (χ0) is 13.1. The maximum atomic E-state index is 4.20. The van der Waals surface area contributed by atoms with E-state index in [1.807, 2.05) is 16.7 Å². The first-order valence-corrected chi connectivity index (χ1v) is 6.18. The van der Waals surface area contributed by atoms with Crippen molar-refractivity contribution in [3.8, 4) is 5.69 Å². The smallest absolute Gasteiger partial charge is 0.141 e. The molecule has 3 aromatic rings. The highest BCUT2D eigenvalue weighted by Gasteiger charge is 2.07. The van der Waals surface area contributed by atoms with Crippen LogP contribution in [0.3, 0.4) is 0 Å². The molecule has 0 atom stereocenters. The Labute approximate surface area is 111 Å². The summed E-state index contributed by atoms with van der Waals surface area (Å²) >= 11 is 0. The van der Waals surface area contributed by atoms with Gasteiger partial charge in [0.1, 0.15) is 12.2 Å². The zero-order valence-corrected chi connectivity index (χ0v) is 10.7. The van der Waals surface area contributed by atoms with E-state index in [0.717, 1.165) is 17.9 Å². The number of nitrogens with zero attached hydrogens (tertiary/aromatic N) is 4. The van der Waals surface area contributed by atoms with Crippen molar-refractivity contribution >= 4 is 0 Å². The van der Waals surface area contributed by atoms with Crippen LogP contribution in [0.4, 0.5) is 0 Å². The van der Waals surface area contributed by atoms with Gasteiger partial charge in [0.25, 0.3) is 0 Å². The molecule has 2 heterocycles. The van der Waals surface area contributed by atoms with Crippen LogP contribution >= 0.6 is 0 Å². The fourth-order valence-corrected chi connectivity index (χ4v) is 1.98. The number of hydrogen-bond donors (Lipinski definition) is 0. The van der Waals surface area contributed by atoms with Crippen LogP contribution in [0.15, 0.2) is 55.1 Å². The van der Waals surface area contributed by atoms with Crippen LogP contribution in [0.25, 0.3) is 5.69 Å². The van der Waals surface area contributed by atoms with E-state index in [9.17, 15) is 0 Å². The lowest BCUT2D eigenvalue weighted by molar-refractivity contribution is 0.903. The molecule has 3 rings (SSSR count). The first-order chi connectivity index (χ1) is 9.33. The molecule has 0 spiro atoms. The highest BCUT2D eigenvalue weighted by molar-refractivity contribution is 5.35. The lowest BCUT2D eigenvalue weighted by Gasteiger charge is -2.06. The molecular weight excluding hydrogens is 236 g/mol. The van der Waals surface area contributed by atoms with Crippen LogP contribution in [-0.2, 0) is 6.42 Å². The largest absolute Gasteiger partial charge is 0.285 e. The molecule has 4 heteroatoms. The average Bonchev–Trinajstić information content (AvgIpc) is 2.89. The van der Waals surface area contributed by atoms with Gasteiger partial charge in [-0.05, 0) is 36.8 Å². The van der Waals surface area contributed by atoms with Crippen molar-refractivity contribution in [1.82, 2.24) is 19.7 Å². The van der Waals surface area contributed by atoms with E-state index in [4.69, 9.17) is 0 Å². The van der Waals surface area contributed by atoms with E-state index in [2.05, 4.69) is 46.4 Å². The Morgan fingerprint density at radius 2 is 1.74 bits per heavy atom. The van der Waals surface area contributed by atoms with Crippen molar-refractivity contribution in [2.75, 3.05) is 0 Å². The quantitative estimate of drug-likeness (QED) is 0.717. The molecule has 19 heavy (non-hydrogen) atoms. The van der Waals surface area contributed by atoms with E-state index in [1.165, 1.54) is 11.1 Å². The second-order valence-corrected chi connectivity index (χ2v) is 4.48. The molecule has 1 aromatic carbocycles. The average molecular weight is 250 g/mol. The van der Waals surface area contributed by atoms with Gasteiger partial charge in [-0.2, -0.15) is 0 Å². The summed E-state index contributed by atoms with van der Waals surface area (Å²) in [6, 6.07) is 12.3. The SMILES string of the molecule is Cc1ccc(-n2cnnc2Cc2ccncc2)cc1. The highest BCUT2D eigenvalue weighted by Crippen LogP contribution is 2.13. The first kappa shape index (κ1) is 11.6. The molecule has 4 nitrogen and oxygen atoms in total. The molecule has 0 aliphatic carbocycles. The van der Waals surface area contributed by atoms with Gasteiger partial charge < -0.3 is 0 Å². The predicted octanol–water partition coefficient (Wildman–Crippen LogP) is 2.56. The lowest BCUT2D eigenvalue weighted by atomic mass is 10.2. The lowest BCUT2D eigenvalue weighted by Crippen LogP contribution is -2.01. The molecule has 0 unspecified atom stereocenters. The summed E-state index contributed by atoms with van der Waals surface area (Å²) in [7, 11) is 0. The molecule has 0 aliphatic rings. The van der Waals surface area contributed by atoms with E-state index in [0.29, 0.717) is 0 Å². The molecule has 0 aliphatic heterocycles. The fourth-order valence-electron chi connectivity index (χ4n) is 1.98. The van der Waals surface area contributed by atoms with Crippen molar-refractivity contribution in [1.29, 1.82) is 0 Å². The maximum absolute atomic E-state index is 4.20. The van der Waals surface area contributed by atoms with Crippen LogP contribution in [0, 0.1) is 6.92 Å². The second-order valence-electron chi connectivity index (χ2n) is 4.48. The molecule has 0 bridgehead atoms. The second kappa shape index (κ2) is 5.02. The predicted molar refractivity (Wildman–Crippen MR) is 73.1 cm³/mol. The number of rotatable bonds is 3. The van der Waals surface area contributed by atoms with Crippen LogP contribution in [-0.4, -0.2) is 19.7 Å². The van der Waals surface area contributed by atoms with Crippen LogP contribution in [0.5, 0.6) is 0 Å². The maximum Gasteiger partial charge on any atom is 0.141 e. The number of benzene rings is 1. The van der Waals surface area contributed by atoms with Crippen molar-refractivity contribution in [2.45, 2.75) is 13.3 Å². The Morgan fingerprint density at radius 3 is 2.47 bits per heavy atom. The van der Waals surface area contributed by atoms with Crippen molar-refractivity contribution < 1.29 is 0 Å². The van der Waals surface area contributed by atoms with Crippen molar-refractivity contribution in [3.63, 3.8) is 0 Å². The van der Waals surface area contributed by atoms with E-state index >= 15 is 0 Å². The number of aromatic nitrogens is 4. The minimum absolute atomic E-state index is 0.746. The summed E-state index contributed by atoms with van der Waals surface area (Å²) in [5, 5.41) is 8.22. The Hall–Kier alpha value is -2.49. The van der Waals surface area contributed by atoms with Gasteiger partial charge in [-0.15, -0.1) is 10.2 Å². The molecule has 94 valence electrons. The first-order valence-electron chi connectivity index (χ1n) is 6.18. The Morgan fingerprint density at radius 1 is 1.00 bits per heavy atom. The van der Waals surface area contributed by atoms with Gasteiger partial charge in [0.15, 0.2) is 0 Å². The van der Waals surface area contributed by atoms with Gasteiger partial charge in [-0.1, -0.05) is 17.7 Å². The van der Waals surface area contributed by atoms with Crippen LogP contribution in [0.2, 0.25) is 0 Å². The topological polar surface area (TPSA) is 43.6 Å². The summed E-state index contributed by atoms with van der Waals surface area (Å²) < 4.78 is 2.01. The van der Waals surface area contributed by atoms with Crippen LogP contribution in [0.1, 0.15) is 17.0 Å². The minimum Gasteiger partial charge on any atom is -0.285 e. The van der Waals surface area contributed by atoms with Gasteiger partial charge in [-0.3, -0.25) is 9.55 Å². The van der Waals surface area contributed by atoms with Gasteiger partial charge >= 0.3 is 0 Å². The van der Waals surface area contributed by atoms with Crippen LogP contribution < -0.4 is 0 Å². The van der Waals surface area contributed by atoms with Gasteiger partial charge in [0.05, 0.1) is 0 Å². The summed E-state index contributed by atoms with van der Waals surface area (Å²) in [4.78, 5) is 4.02. The Bertz CT molecular complexity index is 656. The van der Waals surface area contributed by atoms with E-state index in [1.54, 1.807) is 18.7 Å². The fraction of sp³-hybridized carbons (Fsp3) is 0.133. The van der Waals surface area contributed by atoms with Gasteiger partial charge in [0.2, 0.25) is 0 Å². The Balaban J connectivity index is 1.92. The molecule has 0 amide bonds. The molecule has 0 saturated heterocycles. The third-order valence-electron chi connectivity index (χ3n) is 3.04. The number of pyridine rings is 1. The summed E-state index contributed by atoms with van der Waals surface area (Å²) in [6.45, 7) is 2.08. The summed E-state index contributed by atoms with van der Waals surface area (Å²) in [6.07, 6.45) is 6.08. The van der Waals surface area contributed by atoms with Gasteiger partial charge in [0, 0.05) is 24.5 Å². The standard InChI is InChI=1S/C15H14N4/c1-12-2-4-14(5-3-12)19-11-17-18-15(19)10-13-6-8-16-9-7-13/h2-9,11H,10H2,1H3. The molecular formula is C15H14N4. The molecule has 0 fully saturated rings. The number of aryl methyl sites for hydroxylation is 1. The normalized spacial score (nSPS) is 10.6. The number of hydrogen-bond acceptors (Lipinski definition) is 3. The van der Waals surface area contributed by atoms with Gasteiger partial charge in [-0.25, -0.2) is 0 Å². The van der Waals surface area contributed by atoms with E-state index in [-0.39, 0.29) is 0 Å². The highest BCUT2D eigenvalue weighted by atomic mass is 15.3. The van der Waals surface area contributed by atoms with Crippen molar-refractivity contribution in [2.24, 2.45) is 0 Å². The molecule has 0 saturated carbocycles. The third-order valence-corrected chi connectivity index (χ3v) is 3.04. The van der Waals surface area contributed by atoms with Crippen molar-refractivity contribution in [3.05, 3.63) is 72.1 Å².